The van der Waals surface area contributed by atoms with E-state index in [2.05, 4.69) is 15.5 Å². The fraction of sp³-hybridized carbons (Fsp3) is 0.118. The van der Waals surface area contributed by atoms with Crippen molar-refractivity contribution in [2.24, 2.45) is 10.2 Å². The molecule has 0 saturated carbocycles. The molecule has 0 bridgehead atoms. The van der Waals surface area contributed by atoms with Crippen LogP contribution in [0.5, 0.6) is 0 Å². The van der Waals surface area contributed by atoms with Gasteiger partial charge in [-0.05, 0) is 12.0 Å². The number of nitro groups is 2. The number of amidine groups is 1. The number of nitrogens with zero attached hydrogens (tertiary/aromatic N) is 4. The first kappa shape index (κ1) is 19.2. The van der Waals surface area contributed by atoms with Crippen LogP contribution < -0.4 is 5.32 Å². The number of hydrogen-bond donors (Lipinski definition) is 1. The second-order valence-corrected chi connectivity index (χ2v) is 6.92. The monoisotopic (exact) mass is 399 g/mol. The van der Waals surface area contributed by atoms with Crippen molar-refractivity contribution in [1.82, 2.24) is 5.32 Å². The van der Waals surface area contributed by atoms with Crippen molar-refractivity contribution in [2.75, 3.05) is 0 Å². The Labute approximate surface area is 162 Å². The SMILES string of the molecule is O=C1N/C(=N/N=C/c2cccc([N+](=O)[O-])c2)SC1Cc1cccc([N+](=O)[O-])c1. The molecule has 142 valence electrons. The lowest BCUT2D eigenvalue weighted by molar-refractivity contribution is -0.385. The van der Waals surface area contributed by atoms with Gasteiger partial charge in [0.2, 0.25) is 5.91 Å². The first-order valence-electron chi connectivity index (χ1n) is 7.99. The standard InChI is InChI=1S/C17H13N5O5S/c23-16-15(9-11-3-1-5-13(7-11)21(24)25)28-17(19-16)20-18-10-12-4-2-6-14(8-12)22(26)27/h1-8,10,15H,9H2,(H,19,20,23)/b18-10+. The molecule has 0 radical (unpaired) electrons. The molecule has 10 nitrogen and oxygen atoms in total. The van der Waals surface area contributed by atoms with Gasteiger partial charge in [-0.15, -0.1) is 5.10 Å². The van der Waals surface area contributed by atoms with E-state index in [0.717, 1.165) is 0 Å². The Kier molecular flexibility index (Phi) is 5.75. The molecular weight excluding hydrogens is 386 g/mol. The summed E-state index contributed by atoms with van der Waals surface area (Å²) in [6.45, 7) is 0. The molecule has 1 aliphatic heterocycles. The van der Waals surface area contributed by atoms with Crippen molar-refractivity contribution in [3.63, 3.8) is 0 Å². The van der Waals surface area contributed by atoms with E-state index in [0.29, 0.717) is 22.7 Å². The summed E-state index contributed by atoms with van der Waals surface area (Å²) in [6.07, 6.45) is 1.66. The third-order valence-electron chi connectivity index (χ3n) is 3.76. The number of amides is 1. The number of benzene rings is 2. The smallest absolute Gasteiger partial charge is 0.270 e. The molecule has 11 heteroatoms. The number of thioether (sulfide) groups is 1. The average Bonchev–Trinajstić information content (AvgIpc) is 3.01. The van der Waals surface area contributed by atoms with Gasteiger partial charge in [0.05, 0.1) is 21.3 Å². The maximum Gasteiger partial charge on any atom is 0.270 e. The van der Waals surface area contributed by atoms with Gasteiger partial charge in [0, 0.05) is 29.8 Å². The molecule has 1 N–H and O–H groups in total. The molecule has 2 aromatic carbocycles. The van der Waals surface area contributed by atoms with Crippen LogP contribution in [-0.2, 0) is 11.2 Å². The Morgan fingerprint density at radius 3 is 2.46 bits per heavy atom. The van der Waals surface area contributed by atoms with Gasteiger partial charge in [0.15, 0.2) is 5.17 Å². The molecule has 0 aromatic heterocycles. The van der Waals surface area contributed by atoms with Crippen molar-refractivity contribution in [1.29, 1.82) is 0 Å². The first-order chi connectivity index (χ1) is 13.4. The molecule has 1 heterocycles. The molecule has 1 atom stereocenters. The highest BCUT2D eigenvalue weighted by Crippen LogP contribution is 2.25. The minimum atomic E-state index is -0.505. The Balaban J connectivity index is 1.65. The number of carbonyl (C=O) groups is 1. The second-order valence-electron chi connectivity index (χ2n) is 5.73. The summed E-state index contributed by atoms with van der Waals surface area (Å²) in [5, 5.41) is 31.8. The summed E-state index contributed by atoms with van der Waals surface area (Å²) in [4.78, 5) is 32.7. The van der Waals surface area contributed by atoms with E-state index in [9.17, 15) is 25.0 Å². The van der Waals surface area contributed by atoms with E-state index in [-0.39, 0.29) is 17.3 Å². The van der Waals surface area contributed by atoms with Gasteiger partial charge in [-0.1, -0.05) is 36.0 Å². The van der Waals surface area contributed by atoms with E-state index in [1.54, 1.807) is 18.2 Å². The zero-order chi connectivity index (χ0) is 20.1. The number of carbonyl (C=O) groups excluding carboxylic acids is 1. The summed E-state index contributed by atoms with van der Waals surface area (Å²) in [5.41, 5.74) is 1.08. The van der Waals surface area contributed by atoms with Gasteiger partial charge in [-0.25, -0.2) is 0 Å². The van der Waals surface area contributed by atoms with E-state index in [4.69, 9.17) is 0 Å². The van der Waals surface area contributed by atoms with Crippen LogP contribution in [-0.4, -0.2) is 32.4 Å². The topological polar surface area (TPSA) is 140 Å². The lowest BCUT2D eigenvalue weighted by Crippen LogP contribution is -2.25. The van der Waals surface area contributed by atoms with Crippen molar-refractivity contribution in [2.45, 2.75) is 11.7 Å². The van der Waals surface area contributed by atoms with Crippen LogP contribution in [0.4, 0.5) is 11.4 Å². The number of rotatable bonds is 6. The molecule has 2 aromatic rings. The van der Waals surface area contributed by atoms with E-state index >= 15 is 0 Å². The van der Waals surface area contributed by atoms with Crippen LogP contribution in [0.3, 0.4) is 0 Å². The largest absolute Gasteiger partial charge is 0.303 e. The number of non-ortho nitro benzene ring substituents is 2. The molecule has 3 rings (SSSR count). The second kappa shape index (κ2) is 8.39. The third-order valence-corrected chi connectivity index (χ3v) is 4.83. The van der Waals surface area contributed by atoms with Crippen LogP contribution in [0.1, 0.15) is 11.1 Å². The van der Waals surface area contributed by atoms with Gasteiger partial charge in [-0.3, -0.25) is 25.0 Å². The molecule has 1 saturated heterocycles. The lowest BCUT2D eigenvalue weighted by Gasteiger charge is -2.04. The predicted molar refractivity (Wildman–Crippen MR) is 104 cm³/mol. The van der Waals surface area contributed by atoms with Crippen LogP contribution >= 0.6 is 11.8 Å². The minimum absolute atomic E-state index is 0.0312. The first-order valence-corrected chi connectivity index (χ1v) is 8.86. The number of hydrogen-bond acceptors (Lipinski definition) is 8. The summed E-state index contributed by atoms with van der Waals surface area (Å²) in [5.74, 6) is -0.263. The zero-order valence-electron chi connectivity index (χ0n) is 14.2. The van der Waals surface area contributed by atoms with Crippen molar-refractivity contribution < 1.29 is 14.6 Å². The van der Waals surface area contributed by atoms with Crippen LogP contribution in [0.15, 0.2) is 58.7 Å². The molecular formula is C17H13N5O5S. The van der Waals surface area contributed by atoms with Gasteiger partial charge in [-0.2, -0.15) is 5.10 Å². The molecule has 1 amide bonds. The molecule has 0 spiro atoms. The summed E-state index contributed by atoms with van der Waals surface area (Å²) < 4.78 is 0. The van der Waals surface area contributed by atoms with Crippen LogP contribution in [0.2, 0.25) is 0 Å². The quantitative estimate of drug-likeness (QED) is 0.450. The summed E-state index contributed by atoms with van der Waals surface area (Å²) in [7, 11) is 0. The maximum absolute atomic E-state index is 12.1. The summed E-state index contributed by atoms with van der Waals surface area (Å²) in [6, 6.07) is 12.0. The Morgan fingerprint density at radius 2 is 1.75 bits per heavy atom. The molecule has 0 aliphatic carbocycles. The molecule has 28 heavy (non-hydrogen) atoms. The van der Waals surface area contributed by atoms with Gasteiger partial charge in [0.25, 0.3) is 11.4 Å². The lowest BCUT2D eigenvalue weighted by atomic mass is 10.1. The molecule has 1 unspecified atom stereocenters. The van der Waals surface area contributed by atoms with Gasteiger partial charge >= 0.3 is 0 Å². The maximum atomic E-state index is 12.1. The zero-order valence-corrected chi connectivity index (χ0v) is 15.0. The van der Waals surface area contributed by atoms with Crippen LogP contribution in [0, 0.1) is 20.2 Å². The molecule has 1 aliphatic rings. The van der Waals surface area contributed by atoms with Gasteiger partial charge in [0.1, 0.15) is 0 Å². The normalized spacial score (nSPS) is 17.8. The Morgan fingerprint density at radius 1 is 1.07 bits per heavy atom. The number of nitro benzene ring substituents is 2. The molecule has 1 fully saturated rings. The summed E-state index contributed by atoms with van der Waals surface area (Å²) >= 11 is 1.17. The highest BCUT2D eigenvalue weighted by atomic mass is 32.2. The fourth-order valence-electron chi connectivity index (χ4n) is 2.46. The highest BCUT2D eigenvalue weighted by molar-refractivity contribution is 8.15. The van der Waals surface area contributed by atoms with Gasteiger partial charge < -0.3 is 5.32 Å². The van der Waals surface area contributed by atoms with E-state index in [1.165, 1.54) is 48.3 Å². The van der Waals surface area contributed by atoms with E-state index < -0.39 is 15.1 Å². The van der Waals surface area contributed by atoms with Crippen molar-refractivity contribution in [3.05, 3.63) is 79.9 Å². The highest BCUT2D eigenvalue weighted by Gasteiger charge is 2.30. The van der Waals surface area contributed by atoms with E-state index in [1.807, 2.05) is 0 Å². The van der Waals surface area contributed by atoms with Crippen LogP contribution in [0.25, 0.3) is 0 Å². The minimum Gasteiger partial charge on any atom is -0.303 e. The predicted octanol–water partition coefficient (Wildman–Crippen LogP) is 2.67. The third kappa shape index (κ3) is 4.76. The average molecular weight is 399 g/mol. The Hall–Kier alpha value is -3.60. The fourth-order valence-corrected chi connectivity index (χ4v) is 3.43. The Bertz CT molecular complexity index is 1010. The van der Waals surface area contributed by atoms with Crippen molar-refractivity contribution >= 4 is 40.4 Å². The van der Waals surface area contributed by atoms with Crippen molar-refractivity contribution in [3.8, 4) is 0 Å². The number of nitrogens with one attached hydrogen (secondary N) is 1.